The van der Waals surface area contributed by atoms with Gasteiger partial charge in [0, 0.05) is 63.5 Å². The van der Waals surface area contributed by atoms with Gasteiger partial charge in [-0.25, -0.2) is 4.98 Å². The average molecular weight is 494 g/mol. The third-order valence-electron chi connectivity index (χ3n) is 6.78. The molecule has 0 saturated carbocycles. The lowest BCUT2D eigenvalue weighted by atomic mass is 10.1. The fourth-order valence-electron chi connectivity index (χ4n) is 4.87. The minimum absolute atomic E-state index is 0.00274. The lowest BCUT2D eigenvalue weighted by Gasteiger charge is -2.28. The van der Waals surface area contributed by atoms with Gasteiger partial charge < -0.3 is 9.80 Å². The van der Waals surface area contributed by atoms with Crippen LogP contribution in [-0.2, 0) is 17.9 Å². The molecule has 0 aliphatic carbocycles. The number of carbonyl (C=O) groups is 2. The Morgan fingerprint density at radius 1 is 0.838 bits per heavy atom. The molecule has 188 valence electrons. The first-order valence-electron chi connectivity index (χ1n) is 12.7. The summed E-state index contributed by atoms with van der Waals surface area (Å²) in [5.41, 5.74) is 4.01. The highest BCUT2D eigenvalue weighted by Gasteiger charge is 2.24. The standard InChI is InChI=1S/C30H31N5O2/c1-23(36)35-18-8-17-33(22-26-11-6-7-16-31-26)19-20-34(21-25-10-3-5-13-29(25)35)30(37)28-15-14-24-9-2-4-12-27(24)32-28/h2-7,9-16H,8,17-22H2,1H3. The van der Waals surface area contributed by atoms with E-state index in [2.05, 4.69) is 14.9 Å². The Bertz CT molecular complexity index is 1390. The van der Waals surface area contributed by atoms with Crippen molar-refractivity contribution in [2.75, 3.05) is 31.1 Å². The van der Waals surface area contributed by atoms with E-state index in [1.54, 1.807) is 19.2 Å². The number of nitrogens with zero attached hydrogens (tertiary/aromatic N) is 5. The van der Waals surface area contributed by atoms with E-state index < -0.39 is 0 Å². The molecule has 0 unspecified atom stereocenters. The predicted octanol–water partition coefficient (Wildman–Crippen LogP) is 4.53. The Hall–Kier alpha value is -4.10. The van der Waals surface area contributed by atoms with Gasteiger partial charge >= 0.3 is 0 Å². The van der Waals surface area contributed by atoms with Crippen molar-refractivity contribution in [2.24, 2.45) is 0 Å². The molecule has 1 aliphatic heterocycles. The molecule has 0 atom stereocenters. The molecular formula is C30H31N5O2. The van der Waals surface area contributed by atoms with Gasteiger partial charge in [-0.1, -0.05) is 48.5 Å². The van der Waals surface area contributed by atoms with Gasteiger partial charge in [0.2, 0.25) is 5.91 Å². The molecule has 2 aromatic carbocycles. The molecule has 0 fully saturated rings. The molecule has 0 spiro atoms. The summed E-state index contributed by atoms with van der Waals surface area (Å²) in [6.45, 7) is 5.32. The second-order valence-corrected chi connectivity index (χ2v) is 9.37. The molecule has 4 aromatic rings. The molecular weight excluding hydrogens is 462 g/mol. The maximum absolute atomic E-state index is 13.8. The van der Waals surface area contributed by atoms with Crippen molar-refractivity contribution in [3.63, 3.8) is 0 Å². The summed E-state index contributed by atoms with van der Waals surface area (Å²) in [4.78, 5) is 41.7. The number of fused-ring (bicyclic) bond motifs is 2. The highest BCUT2D eigenvalue weighted by atomic mass is 16.2. The van der Waals surface area contributed by atoms with Gasteiger partial charge in [-0.05, 0) is 42.3 Å². The Morgan fingerprint density at radius 3 is 2.49 bits per heavy atom. The molecule has 0 radical (unpaired) electrons. The summed E-state index contributed by atoms with van der Waals surface area (Å²) < 4.78 is 0. The number of para-hydroxylation sites is 2. The van der Waals surface area contributed by atoms with Crippen molar-refractivity contribution in [1.82, 2.24) is 19.8 Å². The first-order chi connectivity index (χ1) is 18.1. The van der Waals surface area contributed by atoms with Crippen molar-refractivity contribution in [3.8, 4) is 0 Å². The van der Waals surface area contributed by atoms with E-state index in [-0.39, 0.29) is 11.8 Å². The number of carbonyl (C=O) groups excluding carboxylic acids is 2. The van der Waals surface area contributed by atoms with Gasteiger partial charge in [-0.3, -0.25) is 19.5 Å². The minimum atomic E-state index is -0.119. The third-order valence-corrected chi connectivity index (χ3v) is 6.78. The lowest BCUT2D eigenvalue weighted by Crippen LogP contribution is -2.39. The van der Waals surface area contributed by atoms with E-state index in [4.69, 9.17) is 0 Å². The maximum atomic E-state index is 13.8. The van der Waals surface area contributed by atoms with E-state index in [1.807, 2.05) is 82.6 Å². The normalized spacial score (nSPS) is 15.2. The number of aromatic nitrogens is 2. The minimum Gasteiger partial charge on any atom is -0.332 e. The van der Waals surface area contributed by atoms with E-state index in [0.29, 0.717) is 38.4 Å². The molecule has 0 N–H and O–H groups in total. The number of rotatable bonds is 3. The van der Waals surface area contributed by atoms with Crippen LogP contribution in [0.15, 0.2) is 85.1 Å². The summed E-state index contributed by atoms with van der Waals surface area (Å²) in [5.74, 6) is -0.121. The lowest BCUT2D eigenvalue weighted by molar-refractivity contribution is -0.116. The molecule has 7 nitrogen and oxygen atoms in total. The van der Waals surface area contributed by atoms with Crippen LogP contribution in [0.4, 0.5) is 5.69 Å². The highest BCUT2D eigenvalue weighted by Crippen LogP contribution is 2.24. The predicted molar refractivity (Wildman–Crippen MR) is 145 cm³/mol. The van der Waals surface area contributed by atoms with E-state index in [1.165, 1.54) is 0 Å². The van der Waals surface area contributed by atoms with Crippen LogP contribution in [0.5, 0.6) is 0 Å². The number of hydrogen-bond donors (Lipinski definition) is 0. The van der Waals surface area contributed by atoms with Gasteiger partial charge in [0.25, 0.3) is 5.91 Å². The molecule has 1 aliphatic rings. The largest absolute Gasteiger partial charge is 0.332 e. The summed E-state index contributed by atoms with van der Waals surface area (Å²) in [6, 6.07) is 25.4. The second-order valence-electron chi connectivity index (χ2n) is 9.37. The van der Waals surface area contributed by atoms with Crippen molar-refractivity contribution >= 4 is 28.4 Å². The molecule has 37 heavy (non-hydrogen) atoms. The van der Waals surface area contributed by atoms with Gasteiger partial charge in [-0.2, -0.15) is 0 Å². The van der Waals surface area contributed by atoms with Crippen LogP contribution in [0.2, 0.25) is 0 Å². The zero-order valence-corrected chi connectivity index (χ0v) is 21.1. The molecule has 5 rings (SSSR count). The fourth-order valence-corrected chi connectivity index (χ4v) is 4.87. The topological polar surface area (TPSA) is 69.6 Å². The summed E-state index contributed by atoms with van der Waals surface area (Å²) >= 11 is 0. The summed E-state index contributed by atoms with van der Waals surface area (Å²) in [6.07, 6.45) is 2.62. The van der Waals surface area contributed by atoms with E-state index in [9.17, 15) is 9.59 Å². The molecule has 0 saturated heterocycles. The SMILES string of the molecule is CC(=O)N1CCCN(Cc2ccccn2)CCN(C(=O)c2ccc3ccccc3n2)Cc2ccccc21. The molecule has 3 heterocycles. The van der Waals surface area contributed by atoms with Crippen molar-refractivity contribution < 1.29 is 9.59 Å². The van der Waals surface area contributed by atoms with Crippen molar-refractivity contribution in [2.45, 2.75) is 26.4 Å². The first kappa shape index (κ1) is 24.6. The molecule has 2 aromatic heterocycles. The van der Waals surface area contributed by atoms with Gasteiger partial charge in [0.05, 0.1) is 11.2 Å². The molecule has 7 heteroatoms. The second kappa shape index (κ2) is 11.3. The average Bonchev–Trinajstić information content (AvgIpc) is 2.96. The number of amides is 2. The molecule has 0 bridgehead atoms. The zero-order chi connectivity index (χ0) is 25.6. The van der Waals surface area contributed by atoms with Crippen LogP contribution >= 0.6 is 0 Å². The summed E-state index contributed by atoms with van der Waals surface area (Å²) in [5, 5.41) is 1.00. The van der Waals surface area contributed by atoms with Crippen LogP contribution in [0, 0.1) is 0 Å². The smallest absolute Gasteiger partial charge is 0.272 e. The van der Waals surface area contributed by atoms with Crippen molar-refractivity contribution in [3.05, 3.63) is 102 Å². The van der Waals surface area contributed by atoms with Crippen LogP contribution in [-0.4, -0.2) is 57.8 Å². The van der Waals surface area contributed by atoms with Gasteiger partial charge in [0.1, 0.15) is 5.69 Å². The number of anilines is 1. The quantitative estimate of drug-likeness (QED) is 0.419. The molecule has 2 amide bonds. The highest BCUT2D eigenvalue weighted by molar-refractivity contribution is 5.95. The number of pyridine rings is 2. The number of benzene rings is 2. The maximum Gasteiger partial charge on any atom is 0.272 e. The Labute approximate surface area is 217 Å². The summed E-state index contributed by atoms with van der Waals surface area (Å²) in [7, 11) is 0. The van der Waals surface area contributed by atoms with Crippen molar-refractivity contribution in [1.29, 1.82) is 0 Å². The Morgan fingerprint density at radius 2 is 1.65 bits per heavy atom. The zero-order valence-electron chi connectivity index (χ0n) is 21.1. The first-order valence-corrected chi connectivity index (χ1v) is 12.7. The van der Waals surface area contributed by atoms with Crippen LogP contribution in [0.3, 0.4) is 0 Å². The Kier molecular flexibility index (Phi) is 7.51. The van der Waals surface area contributed by atoms with E-state index >= 15 is 0 Å². The van der Waals surface area contributed by atoms with Gasteiger partial charge in [0.15, 0.2) is 0 Å². The van der Waals surface area contributed by atoms with E-state index in [0.717, 1.165) is 40.8 Å². The van der Waals surface area contributed by atoms with Crippen LogP contribution < -0.4 is 4.90 Å². The van der Waals surface area contributed by atoms with Crippen LogP contribution in [0.25, 0.3) is 10.9 Å². The van der Waals surface area contributed by atoms with Gasteiger partial charge in [-0.15, -0.1) is 0 Å². The monoisotopic (exact) mass is 493 g/mol. The number of hydrogen-bond acceptors (Lipinski definition) is 5. The third kappa shape index (κ3) is 5.84. The Balaban J connectivity index is 1.48. The van der Waals surface area contributed by atoms with Crippen LogP contribution in [0.1, 0.15) is 35.1 Å². The fraction of sp³-hybridized carbons (Fsp3) is 0.267.